The number of benzene rings is 1. The van der Waals surface area contributed by atoms with Crippen molar-refractivity contribution in [1.82, 2.24) is 9.80 Å². The summed E-state index contributed by atoms with van der Waals surface area (Å²) in [6.45, 7) is 9.92. The largest absolute Gasteiger partial charge is 0.497 e. The van der Waals surface area contributed by atoms with Gasteiger partial charge in [0.05, 0.1) is 19.8 Å². The molecule has 22 heavy (non-hydrogen) atoms. The van der Waals surface area contributed by atoms with Gasteiger partial charge in [0.1, 0.15) is 5.75 Å². The summed E-state index contributed by atoms with van der Waals surface area (Å²) in [6.07, 6.45) is 3.36. The highest BCUT2D eigenvalue weighted by atomic mass is 16.5. The number of hydrogen-bond acceptors (Lipinski definition) is 4. The van der Waals surface area contributed by atoms with Gasteiger partial charge in [-0.05, 0) is 24.1 Å². The lowest BCUT2D eigenvalue weighted by atomic mass is 10.1. The van der Waals surface area contributed by atoms with E-state index in [0.717, 1.165) is 44.9 Å². The van der Waals surface area contributed by atoms with Gasteiger partial charge in [-0.25, -0.2) is 0 Å². The third kappa shape index (κ3) is 3.69. The minimum atomic E-state index is 0.379. The summed E-state index contributed by atoms with van der Waals surface area (Å²) < 4.78 is 11.0. The molecule has 0 bridgehead atoms. The van der Waals surface area contributed by atoms with Crippen LogP contribution in [0.4, 0.5) is 0 Å². The van der Waals surface area contributed by atoms with Crippen LogP contribution >= 0.6 is 0 Å². The first-order valence-electron chi connectivity index (χ1n) is 8.10. The van der Waals surface area contributed by atoms with E-state index in [-0.39, 0.29) is 0 Å². The summed E-state index contributed by atoms with van der Waals surface area (Å²) in [4.78, 5) is 5.14. The van der Waals surface area contributed by atoms with Gasteiger partial charge in [-0.2, -0.15) is 0 Å². The van der Waals surface area contributed by atoms with Gasteiger partial charge in [0.25, 0.3) is 0 Å². The minimum absolute atomic E-state index is 0.379. The highest BCUT2D eigenvalue weighted by molar-refractivity contribution is 5.27. The number of nitrogens with zero attached hydrogens (tertiary/aromatic N) is 2. The quantitative estimate of drug-likeness (QED) is 0.752. The maximum absolute atomic E-state index is 5.83. The molecule has 4 heteroatoms. The Hall–Kier alpha value is -1.36. The third-order valence-electron chi connectivity index (χ3n) is 4.68. The van der Waals surface area contributed by atoms with Gasteiger partial charge < -0.3 is 9.47 Å². The van der Waals surface area contributed by atoms with E-state index < -0.39 is 0 Å². The normalized spacial score (nSPS) is 25.9. The Bertz CT molecular complexity index is 488. The van der Waals surface area contributed by atoms with Crippen LogP contribution in [-0.2, 0) is 11.3 Å². The zero-order chi connectivity index (χ0) is 15.4. The summed E-state index contributed by atoms with van der Waals surface area (Å²) >= 11 is 0. The molecule has 120 valence electrons. The summed E-state index contributed by atoms with van der Waals surface area (Å²) in [7, 11) is 1.71. The molecule has 0 aliphatic carbocycles. The molecule has 0 radical (unpaired) electrons. The number of fused-ring (bicyclic) bond motifs is 1. The van der Waals surface area contributed by atoms with E-state index in [2.05, 4.69) is 28.5 Å². The SMILES string of the molecule is C=CCO[C@H]1C[C@H]2CN(Cc3ccc(OC)cc3)CCN2C1. The first kappa shape index (κ1) is 15.5. The highest BCUT2D eigenvalue weighted by Gasteiger charge is 2.36. The molecule has 0 saturated carbocycles. The number of rotatable bonds is 6. The maximum atomic E-state index is 5.83. The Labute approximate surface area is 133 Å². The fourth-order valence-corrected chi connectivity index (χ4v) is 3.52. The van der Waals surface area contributed by atoms with Crippen molar-refractivity contribution < 1.29 is 9.47 Å². The summed E-state index contributed by atoms with van der Waals surface area (Å²) in [6, 6.07) is 9.05. The first-order chi connectivity index (χ1) is 10.8. The topological polar surface area (TPSA) is 24.9 Å². The van der Waals surface area contributed by atoms with Gasteiger partial charge >= 0.3 is 0 Å². The molecule has 0 N–H and O–H groups in total. The molecule has 0 aromatic heterocycles. The van der Waals surface area contributed by atoms with Crippen LogP contribution < -0.4 is 4.74 Å². The van der Waals surface area contributed by atoms with E-state index in [9.17, 15) is 0 Å². The van der Waals surface area contributed by atoms with Crippen LogP contribution in [0.15, 0.2) is 36.9 Å². The average Bonchev–Trinajstić information content (AvgIpc) is 2.95. The van der Waals surface area contributed by atoms with Crippen molar-refractivity contribution in [1.29, 1.82) is 0 Å². The molecule has 0 unspecified atom stereocenters. The van der Waals surface area contributed by atoms with Gasteiger partial charge in [0, 0.05) is 38.8 Å². The Morgan fingerprint density at radius 3 is 2.77 bits per heavy atom. The zero-order valence-corrected chi connectivity index (χ0v) is 13.4. The molecule has 0 amide bonds. The lowest BCUT2D eigenvalue weighted by Gasteiger charge is -2.37. The standard InChI is InChI=1S/C18H26N2O2/c1-3-10-22-18-11-16-13-19(8-9-20(16)14-18)12-15-4-6-17(21-2)7-5-15/h3-7,16,18H,1,8-14H2,2H3/t16-,18-/m0/s1. The predicted molar refractivity (Wildman–Crippen MR) is 88.2 cm³/mol. The van der Waals surface area contributed by atoms with E-state index in [4.69, 9.17) is 9.47 Å². The first-order valence-corrected chi connectivity index (χ1v) is 8.10. The van der Waals surface area contributed by atoms with Crippen LogP contribution in [0.3, 0.4) is 0 Å². The van der Waals surface area contributed by atoms with Crippen LogP contribution in [0.2, 0.25) is 0 Å². The summed E-state index contributed by atoms with van der Waals surface area (Å²) in [5.74, 6) is 0.923. The van der Waals surface area contributed by atoms with Crippen LogP contribution in [0, 0.1) is 0 Å². The van der Waals surface area contributed by atoms with E-state index in [1.165, 1.54) is 5.56 Å². The highest BCUT2D eigenvalue weighted by Crippen LogP contribution is 2.25. The van der Waals surface area contributed by atoms with Gasteiger partial charge in [-0.1, -0.05) is 18.2 Å². The van der Waals surface area contributed by atoms with Crippen molar-refractivity contribution in [2.75, 3.05) is 39.9 Å². The Morgan fingerprint density at radius 2 is 2.05 bits per heavy atom. The fraction of sp³-hybridized carbons (Fsp3) is 0.556. The number of methoxy groups -OCH3 is 1. The van der Waals surface area contributed by atoms with Crippen LogP contribution in [0.5, 0.6) is 5.75 Å². The smallest absolute Gasteiger partial charge is 0.118 e. The van der Waals surface area contributed by atoms with Gasteiger partial charge in [0.15, 0.2) is 0 Å². The molecule has 2 atom stereocenters. The van der Waals surface area contributed by atoms with Crippen molar-refractivity contribution in [3.05, 3.63) is 42.5 Å². The average molecular weight is 302 g/mol. The van der Waals surface area contributed by atoms with Crippen molar-refractivity contribution in [3.63, 3.8) is 0 Å². The number of ether oxygens (including phenoxy) is 2. The molecule has 4 nitrogen and oxygen atoms in total. The number of hydrogen-bond donors (Lipinski definition) is 0. The number of piperazine rings is 1. The molecular formula is C18H26N2O2. The van der Waals surface area contributed by atoms with Crippen LogP contribution in [0.25, 0.3) is 0 Å². The van der Waals surface area contributed by atoms with Crippen LogP contribution in [0.1, 0.15) is 12.0 Å². The summed E-state index contributed by atoms with van der Waals surface area (Å²) in [5, 5.41) is 0. The third-order valence-corrected chi connectivity index (χ3v) is 4.68. The lowest BCUT2D eigenvalue weighted by Crippen LogP contribution is -2.49. The fourth-order valence-electron chi connectivity index (χ4n) is 3.52. The van der Waals surface area contributed by atoms with Crippen LogP contribution in [-0.4, -0.2) is 61.8 Å². The van der Waals surface area contributed by atoms with Gasteiger partial charge in [-0.3, -0.25) is 9.80 Å². The molecule has 2 aliphatic heterocycles. The van der Waals surface area contributed by atoms with E-state index in [1.54, 1.807) is 7.11 Å². The van der Waals surface area contributed by atoms with Gasteiger partial charge in [0.2, 0.25) is 0 Å². The molecule has 2 saturated heterocycles. The minimum Gasteiger partial charge on any atom is -0.497 e. The molecule has 2 aliphatic rings. The second kappa shape index (κ2) is 7.27. The van der Waals surface area contributed by atoms with E-state index >= 15 is 0 Å². The van der Waals surface area contributed by atoms with Crippen molar-refractivity contribution in [3.8, 4) is 5.75 Å². The second-order valence-electron chi connectivity index (χ2n) is 6.21. The second-order valence-corrected chi connectivity index (χ2v) is 6.21. The Balaban J connectivity index is 1.51. The molecule has 0 spiro atoms. The molecule has 3 rings (SSSR count). The Kier molecular flexibility index (Phi) is 5.13. The Morgan fingerprint density at radius 1 is 1.23 bits per heavy atom. The maximum Gasteiger partial charge on any atom is 0.118 e. The lowest BCUT2D eigenvalue weighted by molar-refractivity contribution is 0.0758. The predicted octanol–water partition coefficient (Wildman–Crippen LogP) is 2.16. The van der Waals surface area contributed by atoms with E-state index in [0.29, 0.717) is 18.8 Å². The molecule has 1 aromatic rings. The monoisotopic (exact) mass is 302 g/mol. The molecular weight excluding hydrogens is 276 g/mol. The summed E-state index contributed by atoms with van der Waals surface area (Å²) in [5.41, 5.74) is 1.35. The van der Waals surface area contributed by atoms with Gasteiger partial charge in [-0.15, -0.1) is 6.58 Å². The van der Waals surface area contributed by atoms with Crippen molar-refractivity contribution >= 4 is 0 Å². The van der Waals surface area contributed by atoms with Crippen molar-refractivity contribution in [2.45, 2.75) is 25.1 Å². The van der Waals surface area contributed by atoms with E-state index in [1.807, 2.05) is 18.2 Å². The molecule has 2 fully saturated rings. The zero-order valence-electron chi connectivity index (χ0n) is 13.4. The van der Waals surface area contributed by atoms with Crippen molar-refractivity contribution in [2.24, 2.45) is 0 Å². The molecule has 2 heterocycles. The molecule has 1 aromatic carbocycles.